The molecule has 174 valence electrons. The average Bonchev–Trinajstić information content (AvgIpc) is 3.45. The van der Waals surface area contributed by atoms with Crippen molar-refractivity contribution in [2.75, 3.05) is 16.8 Å². The number of rotatable bonds is 5. The van der Waals surface area contributed by atoms with Crippen LogP contribution >= 0.6 is 23.2 Å². The summed E-state index contributed by atoms with van der Waals surface area (Å²) >= 11 is 11.9. The first-order valence-electron chi connectivity index (χ1n) is 10.8. The number of carbonyl (C=O) groups excluding carboxylic acids is 4. The van der Waals surface area contributed by atoms with Crippen LogP contribution in [0.3, 0.4) is 0 Å². The SMILES string of the molecule is CC1=C[C@H]2C[C@H]1[C@H]1C(=O)N(c3ccc(C(=O)OCC(=O)Nc4cc(Cl)ccc4Cl)cc3)C(=O)[C@H]12. The quantitative estimate of drug-likeness (QED) is 0.372. The Labute approximate surface area is 205 Å². The zero-order chi connectivity index (χ0) is 24.1. The number of fused-ring (bicyclic) bond motifs is 5. The largest absolute Gasteiger partial charge is 0.452 e. The minimum Gasteiger partial charge on any atom is -0.452 e. The Hall–Kier alpha value is -3.16. The maximum Gasteiger partial charge on any atom is 0.338 e. The molecule has 1 saturated carbocycles. The van der Waals surface area contributed by atoms with Gasteiger partial charge in [0.15, 0.2) is 6.61 Å². The summed E-state index contributed by atoms with van der Waals surface area (Å²) in [4.78, 5) is 51.8. The molecule has 0 spiro atoms. The van der Waals surface area contributed by atoms with Gasteiger partial charge in [0.1, 0.15) is 0 Å². The van der Waals surface area contributed by atoms with Crippen molar-refractivity contribution < 1.29 is 23.9 Å². The third-order valence-electron chi connectivity index (χ3n) is 6.78. The Morgan fingerprint density at radius 1 is 1.06 bits per heavy atom. The Kier molecular flexibility index (Phi) is 5.70. The monoisotopic (exact) mass is 498 g/mol. The molecule has 9 heteroatoms. The van der Waals surface area contributed by atoms with Crippen LogP contribution in [0.4, 0.5) is 11.4 Å². The highest BCUT2D eigenvalue weighted by molar-refractivity contribution is 6.35. The summed E-state index contributed by atoms with van der Waals surface area (Å²) in [5.41, 5.74) is 2.11. The van der Waals surface area contributed by atoms with Crippen LogP contribution in [0.5, 0.6) is 0 Å². The average molecular weight is 499 g/mol. The smallest absolute Gasteiger partial charge is 0.338 e. The molecule has 0 radical (unpaired) electrons. The highest BCUT2D eigenvalue weighted by atomic mass is 35.5. The van der Waals surface area contributed by atoms with Crippen molar-refractivity contribution in [1.29, 1.82) is 0 Å². The Morgan fingerprint density at radius 2 is 1.76 bits per heavy atom. The number of hydrogen-bond acceptors (Lipinski definition) is 5. The number of imide groups is 1. The topological polar surface area (TPSA) is 92.8 Å². The Morgan fingerprint density at radius 3 is 2.50 bits per heavy atom. The molecular formula is C25H20Cl2N2O5. The van der Waals surface area contributed by atoms with Gasteiger partial charge in [-0.05, 0) is 67.6 Å². The minimum absolute atomic E-state index is 0.124. The number of esters is 1. The number of benzene rings is 2. The molecule has 7 nitrogen and oxygen atoms in total. The van der Waals surface area contributed by atoms with E-state index in [1.807, 2.05) is 6.92 Å². The van der Waals surface area contributed by atoms with Crippen LogP contribution in [-0.2, 0) is 19.1 Å². The summed E-state index contributed by atoms with van der Waals surface area (Å²) in [6.07, 6.45) is 2.99. The van der Waals surface area contributed by atoms with Gasteiger partial charge in [0.05, 0.1) is 33.8 Å². The molecule has 2 bridgehead atoms. The second-order valence-electron chi connectivity index (χ2n) is 8.78. The Balaban J connectivity index is 1.21. The van der Waals surface area contributed by atoms with Crippen LogP contribution in [0.2, 0.25) is 10.0 Å². The van der Waals surface area contributed by atoms with Crippen LogP contribution in [0.15, 0.2) is 54.1 Å². The highest BCUT2D eigenvalue weighted by Crippen LogP contribution is 2.55. The third kappa shape index (κ3) is 3.79. The molecule has 0 aromatic heterocycles. The molecule has 1 aliphatic heterocycles. The molecule has 2 aromatic carbocycles. The number of ether oxygens (including phenoxy) is 1. The van der Waals surface area contributed by atoms with Crippen molar-refractivity contribution >= 4 is 58.3 Å². The van der Waals surface area contributed by atoms with E-state index in [-0.39, 0.29) is 41.0 Å². The van der Waals surface area contributed by atoms with Crippen LogP contribution in [0.25, 0.3) is 0 Å². The molecule has 2 fully saturated rings. The zero-order valence-corrected chi connectivity index (χ0v) is 19.6. The lowest BCUT2D eigenvalue weighted by Gasteiger charge is -2.19. The minimum atomic E-state index is -0.715. The highest BCUT2D eigenvalue weighted by Gasteiger charge is 2.60. The summed E-state index contributed by atoms with van der Waals surface area (Å²) in [5.74, 6) is -1.98. The molecule has 3 amide bonds. The summed E-state index contributed by atoms with van der Waals surface area (Å²) in [7, 11) is 0. The van der Waals surface area contributed by atoms with E-state index < -0.39 is 18.5 Å². The van der Waals surface area contributed by atoms with E-state index in [4.69, 9.17) is 27.9 Å². The second kappa shape index (κ2) is 8.56. The molecule has 4 atom stereocenters. The first-order valence-corrected chi connectivity index (χ1v) is 11.6. The zero-order valence-electron chi connectivity index (χ0n) is 18.1. The number of anilines is 2. The normalized spacial score (nSPS) is 24.8. The molecule has 1 N–H and O–H groups in total. The van der Waals surface area contributed by atoms with Crippen molar-refractivity contribution in [1.82, 2.24) is 0 Å². The molecule has 1 heterocycles. The van der Waals surface area contributed by atoms with E-state index in [0.717, 1.165) is 6.42 Å². The van der Waals surface area contributed by atoms with Gasteiger partial charge in [-0.25, -0.2) is 4.79 Å². The predicted octanol–water partition coefficient (Wildman–Crippen LogP) is 4.49. The van der Waals surface area contributed by atoms with Crippen molar-refractivity contribution in [3.8, 4) is 0 Å². The van der Waals surface area contributed by atoms with Crippen molar-refractivity contribution in [3.63, 3.8) is 0 Å². The van der Waals surface area contributed by atoms with Gasteiger partial charge in [-0.3, -0.25) is 19.3 Å². The van der Waals surface area contributed by atoms with E-state index >= 15 is 0 Å². The van der Waals surface area contributed by atoms with Gasteiger partial charge in [-0.15, -0.1) is 0 Å². The molecule has 1 saturated heterocycles. The Bertz CT molecular complexity index is 1260. The lowest BCUT2D eigenvalue weighted by Crippen LogP contribution is -2.33. The molecule has 5 rings (SSSR count). The summed E-state index contributed by atoms with van der Waals surface area (Å²) in [5, 5.41) is 3.23. The van der Waals surface area contributed by atoms with Gasteiger partial charge >= 0.3 is 5.97 Å². The maximum absolute atomic E-state index is 13.0. The molecule has 3 aliphatic rings. The van der Waals surface area contributed by atoms with Crippen LogP contribution in [0.1, 0.15) is 23.7 Å². The second-order valence-corrected chi connectivity index (χ2v) is 9.62. The number of amides is 3. The van der Waals surface area contributed by atoms with E-state index in [9.17, 15) is 19.2 Å². The molecule has 2 aliphatic carbocycles. The number of hydrogen-bond donors (Lipinski definition) is 1. The summed E-state index contributed by atoms with van der Waals surface area (Å²) < 4.78 is 5.07. The van der Waals surface area contributed by atoms with Crippen molar-refractivity contribution in [2.24, 2.45) is 23.7 Å². The lowest BCUT2D eigenvalue weighted by atomic mass is 9.82. The van der Waals surface area contributed by atoms with Crippen LogP contribution in [-0.4, -0.2) is 30.3 Å². The summed E-state index contributed by atoms with van der Waals surface area (Å²) in [6.45, 7) is 1.50. The van der Waals surface area contributed by atoms with E-state index in [1.54, 1.807) is 24.3 Å². The van der Waals surface area contributed by atoms with E-state index in [1.165, 1.54) is 28.7 Å². The summed E-state index contributed by atoms with van der Waals surface area (Å²) in [6, 6.07) is 10.6. The lowest BCUT2D eigenvalue weighted by molar-refractivity contribution is -0.123. The van der Waals surface area contributed by atoms with Gasteiger partial charge in [-0.1, -0.05) is 34.9 Å². The fourth-order valence-electron chi connectivity index (χ4n) is 5.27. The first kappa shape index (κ1) is 22.6. The molecule has 34 heavy (non-hydrogen) atoms. The standard InChI is InChI=1S/C25H20Cl2N2O5/c1-12-8-14-9-17(12)22-21(14)23(31)29(24(22)32)16-5-2-13(3-6-16)25(33)34-11-20(30)28-19-10-15(26)4-7-18(19)27/h2-8,10,14,17,21-22H,9,11H2,1H3,(H,28,30)/t14-,17+,21-,22+/m0/s1. The molecule has 0 unspecified atom stereocenters. The number of allylic oxidation sites excluding steroid dienone is 2. The van der Waals surface area contributed by atoms with Crippen LogP contribution in [0, 0.1) is 23.7 Å². The van der Waals surface area contributed by atoms with E-state index in [0.29, 0.717) is 21.4 Å². The first-order chi connectivity index (χ1) is 16.2. The van der Waals surface area contributed by atoms with Crippen LogP contribution < -0.4 is 10.2 Å². The van der Waals surface area contributed by atoms with Gasteiger partial charge in [0.25, 0.3) is 5.91 Å². The van der Waals surface area contributed by atoms with Crippen molar-refractivity contribution in [3.05, 3.63) is 69.7 Å². The van der Waals surface area contributed by atoms with Gasteiger partial charge in [0, 0.05) is 5.02 Å². The number of halogens is 2. The number of nitrogens with one attached hydrogen (secondary N) is 1. The van der Waals surface area contributed by atoms with Gasteiger partial charge < -0.3 is 10.1 Å². The fourth-order valence-corrected chi connectivity index (χ4v) is 5.61. The predicted molar refractivity (Wildman–Crippen MR) is 127 cm³/mol. The van der Waals surface area contributed by atoms with Gasteiger partial charge in [0.2, 0.25) is 11.8 Å². The van der Waals surface area contributed by atoms with Crippen molar-refractivity contribution in [2.45, 2.75) is 13.3 Å². The number of nitrogens with zero attached hydrogens (tertiary/aromatic N) is 1. The van der Waals surface area contributed by atoms with Gasteiger partial charge in [-0.2, -0.15) is 0 Å². The number of carbonyl (C=O) groups is 4. The van der Waals surface area contributed by atoms with E-state index in [2.05, 4.69) is 11.4 Å². The molecule has 2 aromatic rings. The molecular weight excluding hydrogens is 479 g/mol. The maximum atomic E-state index is 13.0. The third-order valence-corrected chi connectivity index (χ3v) is 7.34. The fraction of sp³-hybridized carbons (Fsp3) is 0.280.